The average molecular weight is 510 g/mol. The predicted molar refractivity (Wildman–Crippen MR) is 132 cm³/mol. The highest BCUT2D eigenvalue weighted by Crippen LogP contribution is 2.39. The number of halogens is 1. The van der Waals surface area contributed by atoms with Crippen molar-refractivity contribution in [3.63, 3.8) is 0 Å². The first kappa shape index (κ1) is 25.3. The van der Waals surface area contributed by atoms with Crippen LogP contribution in [0.5, 0.6) is 5.75 Å². The number of hydrogen-bond acceptors (Lipinski definition) is 7. The van der Waals surface area contributed by atoms with Gasteiger partial charge in [0, 0.05) is 17.7 Å². The van der Waals surface area contributed by atoms with Gasteiger partial charge in [-0.3, -0.25) is 4.79 Å². The second kappa shape index (κ2) is 10.9. The Morgan fingerprint density at radius 3 is 2.39 bits per heavy atom. The number of ether oxygens (including phenoxy) is 1. The molecule has 4 rings (SSSR count). The number of aliphatic hydroxyl groups excluding tert-OH is 1. The SMILES string of the molecule is NCCOc1c(-c2ccoc2)ccc(CS(=O)(=O)c2ccc(F)cc2)c1C(=O)C(O)c1ccccc1. The number of rotatable bonds is 10. The number of carbonyl (C=O) groups is 1. The number of sulfone groups is 1. The maximum absolute atomic E-state index is 13.7. The van der Waals surface area contributed by atoms with Gasteiger partial charge in [0.25, 0.3) is 0 Å². The third-order valence-corrected chi connectivity index (χ3v) is 7.25. The van der Waals surface area contributed by atoms with E-state index in [9.17, 15) is 22.7 Å². The van der Waals surface area contributed by atoms with Crippen LogP contribution in [0.2, 0.25) is 0 Å². The third-order valence-electron chi connectivity index (χ3n) is 5.57. The van der Waals surface area contributed by atoms with Crippen LogP contribution in [0.3, 0.4) is 0 Å². The van der Waals surface area contributed by atoms with Crippen LogP contribution in [-0.4, -0.2) is 32.5 Å². The smallest absolute Gasteiger partial charge is 0.199 e. The van der Waals surface area contributed by atoms with E-state index in [1.165, 1.54) is 18.6 Å². The Morgan fingerprint density at radius 1 is 1.03 bits per heavy atom. The fourth-order valence-electron chi connectivity index (χ4n) is 3.82. The molecule has 0 radical (unpaired) electrons. The molecular weight excluding hydrogens is 485 g/mol. The van der Waals surface area contributed by atoms with Crippen LogP contribution < -0.4 is 10.5 Å². The molecule has 4 aromatic rings. The second-order valence-electron chi connectivity index (χ2n) is 8.02. The molecule has 0 spiro atoms. The minimum atomic E-state index is -3.98. The highest BCUT2D eigenvalue weighted by Gasteiger charge is 2.30. The van der Waals surface area contributed by atoms with E-state index in [1.54, 1.807) is 42.5 Å². The highest BCUT2D eigenvalue weighted by atomic mass is 32.2. The van der Waals surface area contributed by atoms with Gasteiger partial charge in [-0.05, 0) is 41.5 Å². The lowest BCUT2D eigenvalue weighted by atomic mass is 9.92. The van der Waals surface area contributed by atoms with Crippen molar-refractivity contribution in [2.24, 2.45) is 5.73 Å². The van der Waals surface area contributed by atoms with E-state index in [0.717, 1.165) is 24.3 Å². The van der Waals surface area contributed by atoms with Gasteiger partial charge in [0.15, 0.2) is 15.6 Å². The van der Waals surface area contributed by atoms with Crippen molar-refractivity contribution >= 4 is 15.6 Å². The molecule has 3 N–H and O–H groups in total. The van der Waals surface area contributed by atoms with E-state index in [2.05, 4.69) is 0 Å². The summed E-state index contributed by atoms with van der Waals surface area (Å²) in [5, 5.41) is 10.9. The predicted octanol–water partition coefficient (Wildman–Crippen LogP) is 4.31. The molecular formula is C27H24FNO6S. The Hall–Kier alpha value is -3.79. The quantitative estimate of drug-likeness (QED) is 0.241. The number of aliphatic hydroxyl groups is 1. The van der Waals surface area contributed by atoms with E-state index in [4.69, 9.17) is 14.9 Å². The van der Waals surface area contributed by atoms with Gasteiger partial charge < -0.3 is 20.0 Å². The Kier molecular flexibility index (Phi) is 7.64. The standard InChI is InChI=1S/C27H24FNO6S/c28-21-7-9-22(10-8-21)36(32,33)17-20-6-11-23(19-12-14-34-16-19)27(35-15-13-29)24(20)26(31)25(30)18-4-2-1-3-5-18/h1-12,14,16,25,30H,13,15,17,29H2. The molecule has 0 aliphatic heterocycles. The summed E-state index contributed by atoms with van der Waals surface area (Å²) >= 11 is 0. The molecule has 7 nitrogen and oxygen atoms in total. The molecule has 36 heavy (non-hydrogen) atoms. The van der Waals surface area contributed by atoms with Crippen molar-refractivity contribution < 1.29 is 31.9 Å². The number of Topliss-reactive ketones (excluding diaryl/α,β-unsaturated/α-hetero) is 1. The lowest BCUT2D eigenvalue weighted by Gasteiger charge is -2.20. The van der Waals surface area contributed by atoms with Crippen molar-refractivity contribution in [1.29, 1.82) is 0 Å². The van der Waals surface area contributed by atoms with Gasteiger partial charge in [-0.15, -0.1) is 0 Å². The summed E-state index contributed by atoms with van der Waals surface area (Å²) in [6.45, 7) is 0.179. The summed E-state index contributed by atoms with van der Waals surface area (Å²) in [4.78, 5) is 13.6. The van der Waals surface area contributed by atoms with Crippen LogP contribution in [0.1, 0.15) is 27.6 Å². The van der Waals surface area contributed by atoms with Gasteiger partial charge in [0.05, 0.1) is 28.7 Å². The summed E-state index contributed by atoms with van der Waals surface area (Å²) in [6, 6.07) is 17.5. The summed E-state index contributed by atoms with van der Waals surface area (Å²) < 4.78 is 50.8. The van der Waals surface area contributed by atoms with Crippen molar-refractivity contribution in [2.45, 2.75) is 16.8 Å². The monoisotopic (exact) mass is 509 g/mol. The summed E-state index contributed by atoms with van der Waals surface area (Å²) in [5.41, 5.74) is 7.10. The van der Waals surface area contributed by atoms with Gasteiger partial charge in [-0.1, -0.05) is 42.5 Å². The lowest BCUT2D eigenvalue weighted by Crippen LogP contribution is -2.20. The summed E-state index contributed by atoms with van der Waals surface area (Å²) in [7, 11) is -3.98. The van der Waals surface area contributed by atoms with Crippen LogP contribution in [0.4, 0.5) is 4.39 Å². The van der Waals surface area contributed by atoms with Crippen molar-refractivity contribution in [3.8, 4) is 16.9 Å². The van der Waals surface area contributed by atoms with E-state index in [1.807, 2.05) is 0 Å². The molecule has 0 fully saturated rings. The fourth-order valence-corrected chi connectivity index (χ4v) is 5.19. The normalized spacial score (nSPS) is 12.3. The fraction of sp³-hybridized carbons (Fsp3) is 0.148. The Morgan fingerprint density at radius 2 is 1.75 bits per heavy atom. The van der Waals surface area contributed by atoms with E-state index in [0.29, 0.717) is 16.7 Å². The van der Waals surface area contributed by atoms with Crippen LogP contribution in [-0.2, 0) is 15.6 Å². The molecule has 1 atom stereocenters. The van der Waals surface area contributed by atoms with Gasteiger partial charge >= 0.3 is 0 Å². The first-order valence-corrected chi connectivity index (χ1v) is 12.7. The molecule has 9 heteroatoms. The number of ketones is 1. The van der Waals surface area contributed by atoms with Crippen molar-refractivity contribution in [1.82, 2.24) is 0 Å². The molecule has 186 valence electrons. The third kappa shape index (κ3) is 5.38. The van der Waals surface area contributed by atoms with E-state index in [-0.39, 0.29) is 34.9 Å². The van der Waals surface area contributed by atoms with Gasteiger partial charge in [0.2, 0.25) is 0 Å². The lowest BCUT2D eigenvalue weighted by molar-refractivity contribution is 0.0742. The minimum absolute atomic E-state index is 0.0424. The Balaban J connectivity index is 1.88. The molecule has 1 heterocycles. The Labute approximate surface area is 207 Å². The molecule has 0 bridgehead atoms. The number of carbonyl (C=O) groups excluding carboxylic acids is 1. The zero-order chi connectivity index (χ0) is 25.7. The average Bonchev–Trinajstić information content (AvgIpc) is 3.42. The molecule has 0 aliphatic rings. The molecule has 3 aromatic carbocycles. The maximum atomic E-state index is 13.7. The topological polar surface area (TPSA) is 120 Å². The molecule has 1 aromatic heterocycles. The van der Waals surface area contributed by atoms with Crippen molar-refractivity contribution in [3.05, 3.63) is 108 Å². The first-order chi connectivity index (χ1) is 17.3. The van der Waals surface area contributed by atoms with Crippen LogP contribution >= 0.6 is 0 Å². The molecule has 1 unspecified atom stereocenters. The van der Waals surface area contributed by atoms with E-state index >= 15 is 0 Å². The zero-order valence-electron chi connectivity index (χ0n) is 19.1. The summed E-state index contributed by atoms with van der Waals surface area (Å²) in [6.07, 6.45) is 1.34. The molecule has 0 amide bonds. The second-order valence-corrected chi connectivity index (χ2v) is 10.0. The van der Waals surface area contributed by atoms with Crippen LogP contribution in [0.25, 0.3) is 11.1 Å². The minimum Gasteiger partial charge on any atom is -0.491 e. The van der Waals surface area contributed by atoms with Gasteiger partial charge in [0.1, 0.15) is 24.3 Å². The molecule has 0 saturated heterocycles. The number of benzene rings is 3. The number of hydrogen-bond donors (Lipinski definition) is 2. The molecule has 0 saturated carbocycles. The summed E-state index contributed by atoms with van der Waals surface area (Å²) in [5.74, 6) is -1.79. The van der Waals surface area contributed by atoms with Crippen LogP contribution in [0.15, 0.2) is 94.6 Å². The largest absolute Gasteiger partial charge is 0.491 e. The first-order valence-electron chi connectivity index (χ1n) is 11.1. The van der Waals surface area contributed by atoms with Gasteiger partial charge in [-0.25, -0.2) is 12.8 Å². The zero-order valence-corrected chi connectivity index (χ0v) is 20.0. The highest BCUT2D eigenvalue weighted by molar-refractivity contribution is 7.90. The maximum Gasteiger partial charge on any atom is 0.199 e. The Bertz CT molecular complexity index is 1440. The van der Waals surface area contributed by atoms with Crippen LogP contribution in [0, 0.1) is 5.82 Å². The van der Waals surface area contributed by atoms with Crippen molar-refractivity contribution in [2.75, 3.05) is 13.2 Å². The number of furan rings is 1. The van der Waals surface area contributed by atoms with Gasteiger partial charge in [-0.2, -0.15) is 0 Å². The van der Waals surface area contributed by atoms with E-state index < -0.39 is 33.3 Å². The molecule has 0 aliphatic carbocycles. The number of nitrogens with two attached hydrogens (primary N) is 1.